The molecule has 1 aliphatic heterocycles. The van der Waals surface area contributed by atoms with Crippen molar-refractivity contribution in [1.29, 1.82) is 0 Å². The van der Waals surface area contributed by atoms with Gasteiger partial charge in [-0.1, -0.05) is 17.7 Å². The molecule has 4 nitrogen and oxygen atoms in total. The van der Waals surface area contributed by atoms with E-state index in [1.165, 1.54) is 13.2 Å². The molecule has 2 heterocycles. The zero-order valence-corrected chi connectivity index (χ0v) is 16.2. The zero-order chi connectivity index (χ0) is 19.3. The molecule has 140 valence electrons. The first-order chi connectivity index (χ1) is 12.9. The Morgan fingerprint density at radius 1 is 1.26 bits per heavy atom. The predicted octanol–water partition coefficient (Wildman–Crippen LogP) is 5.59. The van der Waals surface area contributed by atoms with Crippen LogP contribution in [0.25, 0.3) is 22.3 Å². The molecule has 2 unspecified atom stereocenters. The summed E-state index contributed by atoms with van der Waals surface area (Å²) in [5, 5.41) is 0.621. The highest BCUT2D eigenvalue weighted by Crippen LogP contribution is 2.48. The number of para-hydroxylation sites is 1. The second-order valence-electron chi connectivity index (χ2n) is 6.02. The molecule has 0 N–H and O–H groups in total. The van der Waals surface area contributed by atoms with Crippen molar-refractivity contribution in [1.82, 2.24) is 0 Å². The van der Waals surface area contributed by atoms with Crippen molar-refractivity contribution in [2.45, 2.75) is 18.6 Å². The van der Waals surface area contributed by atoms with E-state index in [0.717, 1.165) is 0 Å². The fourth-order valence-electron chi connectivity index (χ4n) is 3.02. The fraction of sp³-hybridized carbons (Fsp3) is 0.211. The largest absolute Gasteiger partial charge is 0.496 e. The van der Waals surface area contributed by atoms with Gasteiger partial charge in [0, 0.05) is 11.6 Å². The number of halogens is 4. The number of fused-ring (bicyclic) bond motifs is 1. The summed E-state index contributed by atoms with van der Waals surface area (Å²) < 4.78 is 42.9. The van der Waals surface area contributed by atoms with Crippen molar-refractivity contribution < 1.29 is 22.7 Å². The van der Waals surface area contributed by atoms with E-state index in [1.54, 1.807) is 30.3 Å². The molecule has 0 amide bonds. The molecule has 1 aliphatic rings. The highest BCUT2D eigenvalue weighted by molar-refractivity contribution is 9.10. The van der Waals surface area contributed by atoms with Crippen molar-refractivity contribution in [3.05, 3.63) is 61.7 Å². The van der Waals surface area contributed by atoms with E-state index in [0.29, 0.717) is 26.7 Å². The smallest absolute Gasteiger partial charge is 0.267 e. The van der Waals surface area contributed by atoms with Gasteiger partial charge in [-0.05, 0) is 45.8 Å². The lowest BCUT2D eigenvalue weighted by Gasteiger charge is -2.12. The molecule has 3 aromatic rings. The van der Waals surface area contributed by atoms with Gasteiger partial charge in [0.05, 0.1) is 22.0 Å². The Labute approximate surface area is 165 Å². The van der Waals surface area contributed by atoms with Gasteiger partial charge in [-0.25, -0.2) is 8.78 Å². The average molecular weight is 458 g/mol. The Bertz CT molecular complexity index is 1100. The second-order valence-corrected chi connectivity index (χ2v) is 7.28. The molecular weight excluding hydrogens is 446 g/mol. The minimum Gasteiger partial charge on any atom is -0.496 e. The van der Waals surface area contributed by atoms with E-state index in [2.05, 4.69) is 15.9 Å². The number of hydrogen-bond acceptors (Lipinski definition) is 4. The third kappa shape index (κ3) is 3.24. The lowest BCUT2D eigenvalue weighted by Crippen LogP contribution is -2.04. The number of epoxide rings is 1. The highest BCUT2D eigenvalue weighted by atomic mass is 79.9. The molecule has 0 aliphatic carbocycles. The fourth-order valence-corrected chi connectivity index (χ4v) is 3.75. The van der Waals surface area contributed by atoms with Crippen molar-refractivity contribution in [3.8, 4) is 17.1 Å². The molecule has 27 heavy (non-hydrogen) atoms. The second kappa shape index (κ2) is 6.89. The van der Waals surface area contributed by atoms with Gasteiger partial charge in [-0.2, -0.15) is 0 Å². The maximum absolute atomic E-state index is 13.0. The maximum atomic E-state index is 13.0. The molecule has 0 saturated carbocycles. The number of alkyl halides is 2. The van der Waals surface area contributed by atoms with Crippen LogP contribution in [-0.2, 0) is 4.74 Å². The van der Waals surface area contributed by atoms with E-state index in [4.69, 9.17) is 25.5 Å². The van der Waals surface area contributed by atoms with Gasteiger partial charge in [-0.3, -0.25) is 4.79 Å². The summed E-state index contributed by atoms with van der Waals surface area (Å²) in [5.41, 5.74) is 0.852. The van der Waals surface area contributed by atoms with E-state index in [9.17, 15) is 13.6 Å². The third-order valence-corrected chi connectivity index (χ3v) is 5.29. The van der Waals surface area contributed by atoms with Crippen LogP contribution >= 0.6 is 27.5 Å². The standard InChI is InChI=1S/C19H12BrClF2O4/c1-25-15-6-9(10(5-11(15)20)17-18(27-17)19(22)23)14-7-13(24)8-3-2-4-12(21)16(8)26-14/h2-7,17-19H,1H3. The minimum absolute atomic E-state index is 0.199. The van der Waals surface area contributed by atoms with Crippen LogP contribution in [0.2, 0.25) is 5.02 Å². The van der Waals surface area contributed by atoms with Crippen molar-refractivity contribution >= 4 is 38.5 Å². The van der Waals surface area contributed by atoms with Crippen LogP contribution in [0, 0.1) is 0 Å². The topological polar surface area (TPSA) is 52.0 Å². The summed E-state index contributed by atoms with van der Waals surface area (Å²) in [5.74, 6) is 0.662. The van der Waals surface area contributed by atoms with Crippen LogP contribution in [0.3, 0.4) is 0 Å². The summed E-state index contributed by atoms with van der Waals surface area (Å²) in [6.07, 6.45) is -4.60. The van der Waals surface area contributed by atoms with Gasteiger partial charge in [0.2, 0.25) is 0 Å². The maximum Gasteiger partial charge on any atom is 0.267 e. The highest BCUT2D eigenvalue weighted by Gasteiger charge is 2.48. The molecular formula is C19H12BrClF2O4. The molecule has 2 aromatic carbocycles. The summed E-state index contributed by atoms with van der Waals surface area (Å²) in [4.78, 5) is 12.5. The van der Waals surface area contributed by atoms with Gasteiger partial charge in [0.25, 0.3) is 6.43 Å². The van der Waals surface area contributed by atoms with E-state index < -0.39 is 18.6 Å². The normalized spacial score (nSPS) is 18.9. The van der Waals surface area contributed by atoms with Crippen molar-refractivity contribution in [3.63, 3.8) is 0 Å². The Hall–Kier alpha value is -1.96. The zero-order valence-electron chi connectivity index (χ0n) is 13.8. The SMILES string of the molecule is COc1cc(-c2cc(=O)c3cccc(Cl)c3o2)c(C2OC2C(F)F)cc1Br. The quantitative estimate of drug-likeness (QED) is 0.479. The van der Waals surface area contributed by atoms with Gasteiger partial charge >= 0.3 is 0 Å². The van der Waals surface area contributed by atoms with Crippen molar-refractivity contribution in [2.24, 2.45) is 0 Å². The van der Waals surface area contributed by atoms with Crippen LogP contribution in [0.1, 0.15) is 11.7 Å². The average Bonchev–Trinajstić information content (AvgIpc) is 3.43. The van der Waals surface area contributed by atoms with E-state index in [-0.39, 0.29) is 21.8 Å². The van der Waals surface area contributed by atoms with Crippen LogP contribution in [0.4, 0.5) is 8.78 Å². The first kappa shape index (κ1) is 18.4. The Morgan fingerprint density at radius 2 is 2.04 bits per heavy atom. The Balaban J connectivity index is 1.94. The molecule has 1 saturated heterocycles. The number of benzene rings is 2. The summed E-state index contributed by atoms with van der Waals surface area (Å²) in [6.45, 7) is 0. The van der Waals surface area contributed by atoms with Crippen LogP contribution in [0.15, 0.2) is 50.1 Å². The number of rotatable bonds is 4. The summed E-state index contributed by atoms with van der Waals surface area (Å²) in [7, 11) is 1.48. The number of hydrogen-bond donors (Lipinski definition) is 0. The van der Waals surface area contributed by atoms with Crippen LogP contribution in [0.5, 0.6) is 5.75 Å². The third-order valence-electron chi connectivity index (χ3n) is 4.38. The first-order valence-electron chi connectivity index (χ1n) is 7.94. The van der Waals surface area contributed by atoms with E-state index in [1.807, 2.05) is 0 Å². The van der Waals surface area contributed by atoms with Gasteiger partial charge < -0.3 is 13.9 Å². The Kier molecular flexibility index (Phi) is 4.70. The molecule has 0 radical (unpaired) electrons. The van der Waals surface area contributed by atoms with Crippen LogP contribution < -0.4 is 10.2 Å². The molecule has 4 rings (SSSR count). The lowest BCUT2D eigenvalue weighted by atomic mass is 9.99. The predicted molar refractivity (Wildman–Crippen MR) is 101 cm³/mol. The van der Waals surface area contributed by atoms with Gasteiger partial charge in [-0.15, -0.1) is 0 Å². The first-order valence-corrected chi connectivity index (χ1v) is 9.11. The number of methoxy groups -OCH3 is 1. The molecule has 8 heteroatoms. The molecule has 0 spiro atoms. The van der Waals surface area contributed by atoms with E-state index >= 15 is 0 Å². The molecule has 2 atom stereocenters. The monoisotopic (exact) mass is 456 g/mol. The number of ether oxygens (including phenoxy) is 2. The molecule has 0 bridgehead atoms. The van der Waals surface area contributed by atoms with Gasteiger partial charge in [0.15, 0.2) is 11.0 Å². The van der Waals surface area contributed by atoms with Gasteiger partial charge in [0.1, 0.15) is 23.7 Å². The summed E-state index contributed by atoms with van der Waals surface area (Å²) >= 11 is 9.51. The molecule has 1 fully saturated rings. The summed E-state index contributed by atoms with van der Waals surface area (Å²) in [6, 6.07) is 9.43. The lowest BCUT2D eigenvalue weighted by molar-refractivity contribution is 0.108. The van der Waals surface area contributed by atoms with Crippen LogP contribution in [-0.4, -0.2) is 19.6 Å². The Morgan fingerprint density at radius 3 is 2.70 bits per heavy atom. The minimum atomic E-state index is -2.61. The molecule has 1 aromatic heterocycles. The van der Waals surface area contributed by atoms with Crippen molar-refractivity contribution in [2.75, 3.05) is 7.11 Å².